The molecule has 4 amide bonds. The van der Waals surface area contributed by atoms with Gasteiger partial charge in [0.2, 0.25) is 0 Å². The molecule has 3 aromatic rings. The van der Waals surface area contributed by atoms with Gasteiger partial charge in [-0.1, -0.05) is 18.2 Å². The fourth-order valence-corrected chi connectivity index (χ4v) is 3.96. The van der Waals surface area contributed by atoms with Crippen LogP contribution in [0.15, 0.2) is 48.0 Å². The van der Waals surface area contributed by atoms with Crippen LogP contribution in [0.4, 0.5) is 10.5 Å². The van der Waals surface area contributed by atoms with E-state index in [0.717, 1.165) is 27.1 Å². The maximum Gasteiger partial charge on any atom is 0.336 e. The first-order chi connectivity index (χ1) is 15.9. The molecule has 33 heavy (non-hydrogen) atoms. The van der Waals surface area contributed by atoms with Crippen LogP contribution in [0.3, 0.4) is 0 Å². The van der Waals surface area contributed by atoms with Gasteiger partial charge < -0.3 is 14.0 Å². The van der Waals surface area contributed by atoms with Crippen molar-refractivity contribution in [3.05, 3.63) is 59.3 Å². The lowest BCUT2D eigenvalue weighted by molar-refractivity contribution is -0.122. The normalized spacial score (nSPS) is 15.3. The third-order valence-electron chi connectivity index (χ3n) is 5.62. The number of nitrogens with one attached hydrogen (secondary N) is 1. The van der Waals surface area contributed by atoms with Crippen LogP contribution in [0.5, 0.6) is 11.5 Å². The van der Waals surface area contributed by atoms with Crippen LogP contribution < -0.4 is 19.7 Å². The van der Waals surface area contributed by atoms with Crippen LogP contribution in [0.2, 0.25) is 0 Å². The number of amides is 4. The van der Waals surface area contributed by atoms with Gasteiger partial charge in [-0.25, -0.2) is 9.69 Å². The van der Waals surface area contributed by atoms with Crippen molar-refractivity contribution in [2.24, 2.45) is 7.05 Å². The van der Waals surface area contributed by atoms with Gasteiger partial charge >= 0.3 is 6.03 Å². The van der Waals surface area contributed by atoms with Gasteiger partial charge in [0, 0.05) is 35.3 Å². The molecule has 0 radical (unpaired) electrons. The van der Waals surface area contributed by atoms with E-state index < -0.39 is 17.8 Å². The molecule has 0 aliphatic carbocycles. The van der Waals surface area contributed by atoms with E-state index in [1.807, 2.05) is 49.7 Å². The van der Waals surface area contributed by atoms with Crippen molar-refractivity contribution in [3.63, 3.8) is 0 Å². The smallest absolute Gasteiger partial charge is 0.336 e. The van der Waals surface area contributed by atoms with Gasteiger partial charge in [-0.3, -0.25) is 14.9 Å². The molecule has 8 nitrogen and oxygen atoms in total. The summed E-state index contributed by atoms with van der Waals surface area (Å²) in [5, 5.41) is 3.18. The molecule has 4 rings (SSSR count). The number of fused-ring (bicyclic) bond motifs is 1. The highest BCUT2D eigenvalue weighted by Crippen LogP contribution is 2.35. The molecule has 2 aromatic carbocycles. The summed E-state index contributed by atoms with van der Waals surface area (Å²) in [5.41, 5.74) is 2.67. The van der Waals surface area contributed by atoms with Crippen LogP contribution in [0, 0.1) is 6.92 Å². The van der Waals surface area contributed by atoms with Crippen LogP contribution in [-0.4, -0.2) is 35.6 Å². The summed E-state index contributed by atoms with van der Waals surface area (Å²) in [6.45, 7) is 6.30. The van der Waals surface area contributed by atoms with E-state index in [1.165, 1.54) is 0 Å². The average molecular weight is 447 g/mol. The zero-order valence-corrected chi connectivity index (χ0v) is 19.0. The number of rotatable bonds is 6. The quantitative estimate of drug-likeness (QED) is 0.457. The van der Waals surface area contributed by atoms with Crippen LogP contribution >= 0.6 is 0 Å². The first-order valence-electron chi connectivity index (χ1n) is 10.7. The molecule has 1 saturated heterocycles. The van der Waals surface area contributed by atoms with Crippen LogP contribution in [0.1, 0.15) is 25.1 Å². The first-order valence-corrected chi connectivity index (χ1v) is 10.7. The fraction of sp³-hybridized carbons (Fsp3) is 0.240. The van der Waals surface area contributed by atoms with Gasteiger partial charge in [0.05, 0.1) is 18.9 Å². The first kappa shape index (κ1) is 22.1. The van der Waals surface area contributed by atoms with Gasteiger partial charge in [0.15, 0.2) is 0 Å². The number of benzene rings is 2. The highest BCUT2D eigenvalue weighted by molar-refractivity contribution is 6.39. The Morgan fingerprint density at radius 2 is 1.73 bits per heavy atom. The molecule has 0 spiro atoms. The second-order valence-corrected chi connectivity index (χ2v) is 7.53. The number of urea groups is 1. The van der Waals surface area contributed by atoms with Crippen LogP contribution in [0.25, 0.3) is 17.0 Å². The Hall–Kier alpha value is -4.07. The lowest BCUT2D eigenvalue weighted by Gasteiger charge is -2.28. The Balaban J connectivity index is 1.84. The van der Waals surface area contributed by atoms with Crippen molar-refractivity contribution in [1.82, 2.24) is 9.88 Å². The number of imide groups is 2. The third-order valence-corrected chi connectivity index (χ3v) is 5.62. The minimum atomic E-state index is -0.841. The van der Waals surface area contributed by atoms with E-state index in [0.29, 0.717) is 24.7 Å². The molecular weight excluding hydrogens is 422 g/mol. The molecule has 0 unspecified atom stereocenters. The largest absolute Gasteiger partial charge is 0.494 e. The Bertz CT molecular complexity index is 1300. The third kappa shape index (κ3) is 3.84. The summed E-state index contributed by atoms with van der Waals surface area (Å²) >= 11 is 0. The molecule has 1 aliphatic rings. The molecule has 0 saturated carbocycles. The van der Waals surface area contributed by atoms with E-state index in [2.05, 4.69) is 5.32 Å². The zero-order valence-electron chi connectivity index (χ0n) is 19.0. The number of ether oxygens (including phenoxy) is 2. The van der Waals surface area contributed by atoms with Crippen molar-refractivity contribution < 1.29 is 23.9 Å². The Morgan fingerprint density at radius 1 is 1.00 bits per heavy atom. The second-order valence-electron chi connectivity index (χ2n) is 7.53. The number of hydrogen-bond acceptors (Lipinski definition) is 5. The number of aryl methyl sites for hydroxylation is 1. The SMILES string of the molecule is CCOc1ccc(OCC)c(N2C(=O)NC(=O)C(=Cc3c(C)n(C)c4ccccc34)C2=O)c1. The summed E-state index contributed by atoms with van der Waals surface area (Å²) in [7, 11) is 1.92. The predicted molar refractivity (Wildman–Crippen MR) is 125 cm³/mol. The van der Waals surface area contributed by atoms with Gasteiger partial charge in [-0.15, -0.1) is 0 Å². The average Bonchev–Trinajstić information content (AvgIpc) is 3.03. The lowest BCUT2D eigenvalue weighted by Crippen LogP contribution is -2.54. The Morgan fingerprint density at radius 3 is 2.45 bits per heavy atom. The van der Waals surface area contributed by atoms with E-state index in [9.17, 15) is 14.4 Å². The molecule has 1 aliphatic heterocycles. The van der Waals surface area contributed by atoms with Crippen molar-refractivity contribution in [2.75, 3.05) is 18.1 Å². The zero-order chi connectivity index (χ0) is 23.7. The maximum absolute atomic E-state index is 13.5. The summed E-state index contributed by atoms with van der Waals surface area (Å²) in [6, 6.07) is 11.8. The number of nitrogens with zero attached hydrogens (tertiary/aromatic N) is 2. The number of anilines is 1. The molecular formula is C25H25N3O5. The number of para-hydroxylation sites is 1. The predicted octanol–water partition coefficient (Wildman–Crippen LogP) is 3.95. The number of aromatic nitrogens is 1. The highest BCUT2D eigenvalue weighted by atomic mass is 16.5. The van der Waals surface area contributed by atoms with E-state index in [1.54, 1.807) is 31.2 Å². The minimum Gasteiger partial charge on any atom is -0.494 e. The Labute approximate surface area is 191 Å². The number of carbonyl (C=O) groups is 3. The Kier molecular flexibility index (Phi) is 5.91. The minimum absolute atomic E-state index is 0.140. The lowest BCUT2D eigenvalue weighted by atomic mass is 10.0. The van der Waals surface area contributed by atoms with Crippen LogP contribution in [-0.2, 0) is 16.6 Å². The number of hydrogen-bond donors (Lipinski definition) is 1. The van der Waals surface area contributed by atoms with Crippen molar-refractivity contribution in [1.29, 1.82) is 0 Å². The molecule has 0 bridgehead atoms. The van der Waals surface area contributed by atoms with E-state index in [4.69, 9.17) is 9.47 Å². The van der Waals surface area contributed by atoms with Gasteiger partial charge in [0.1, 0.15) is 17.1 Å². The standard InChI is InChI=1S/C25H25N3O5/c1-5-32-16-11-12-22(33-6-2)21(13-16)28-24(30)19(23(29)26-25(28)31)14-18-15(3)27(4)20-10-8-7-9-17(18)20/h7-14H,5-6H2,1-4H3,(H,26,29,31). The summed E-state index contributed by atoms with van der Waals surface area (Å²) in [6.07, 6.45) is 1.54. The molecule has 2 heterocycles. The fourth-order valence-electron chi connectivity index (χ4n) is 3.96. The van der Waals surface area contributed by atoms with Gasteiger partial charge in [-0.05, 0) is 45.0 Å². The monoisotopic (exact) mass is 447 g/mol. The van der Waals surface area contributed by atoms with Crippen molar-refractivity contribution in [2.45, 2.75) is 20.8 Å². The highest BCUT2D eigenvalue weighted by Gasteiger charge is 2.38. The van der Waals surface area contributed by atoms with Crippen molar-refractivity contribution >= 4 is 40.5 Å². The maximum atomic E-state index is 13.5. The summed E-state index contributed by atoms with van der Waals surface area (Å²) < 4.78 is 13.2. The topological polar surface area (TPSA) is 89.9 Å². The molecule has 1 N–H and O–H groups in total. The summed E-state index contributed by atoms with van der Waals surface area (Å²) in [5.74, 6) is -0.665. The van der Waals surface area contributed by atoms with Crippen molar-refractivity contribution in [3.8, 4) is 11.5 Å². The molecule has 170 valence electrons. The molecule has 0 atom stereocenters. The van der Waals surface area contributed by atoms with Gasteiger partial charge in [0.25, 0.3) is 11.8 Å². The molecule has 8 heteroatoms. The number of carbonyl (C=O) groups excluding carboxylic acids is 3. The summed E-state index contributed by atoms with van der Waals surface area (Å²) in [4.78, 5) is 39.9. The molecule has 1 fully saturated rings. The second kappa shape index (κ2) is 8.82. The molecule has 1 aromatic heterocycles. The number of barbiturate groups is 1. The van der Waals surface area contributed by atoms with Gasteiger partial charge in [-0.2, -0.15) is 0 Å². The van der Waals surface area contributed by atoms with E-state index >= 15 is 0 Å². The van der Waals surface area contributed by atoms with E-state index in [-0.39, 0.29) is 11.3 Å².